The van der Waals surface area contributed by atoms with Gasteiger partial charge < -0.3 is 14.8 Å². The van der Waals surface area contributed by atoms with Gasteiger partial charge in [0.1, 0.15) is 6.61 Å². The predicted octanol–water partition coefficient (Wildman–Crippen LogP) is 4.29. The molecular weight excluding hydrogens is 336 g/mol. The molecule has 0 saturated carbocycles. The van der Waals surface area contributed by atoms with Gasteiger partial charge in [0.15, 0.2) is 11.5 Å². The van der Waals surface area contributed by atoms with Gasteiger partial charge in [-0.25, -0.2) is 4.98 Å². The molecule has 0 spiro atoms. The quantitative estimate of drug-likeness (QED) is 0.723. The molecule has 6 heteroatoms. The zero-order chi connectivity index (χ0) is 18.2. The van der Waals surface area contributed by atoms with Gasteiger partial charge in [0.2, 0.25) is 0 Å². The van der Waals surface area contributed by atoms with Crippen LogP contribution >= 0.6 is 11.3 Å². The van der Waals surface area contributed by atoms with E-state index in [1.165, 1.54) is 11.3 Å². The highest BCUT2D eigenvalue weighted by Crippen LogP contribution is 2.29. The van der Waals surface area contributed by atoms with Crippen molar-refractivity contribution in [1.29, 1.82) is 0 Å². The second kappa shape index (κ2) is 9.42. The number of nitrogens with one attached hydrogen (secondary N) is 1. The van der Waals surface area contributed by atoms with Crippen molar-refractivity contribution in [3.63, 3.8) is 0 Å². The molecule has 1 unspecified atom stereocenters. The molecule has 0 radical (unpaired) electrons. The van der Waals surface area contributed by atoms with Crippen LogP contribution in [0, 0.1) is 5.92 Å². The van der Waals surface area contributed by atoms with Crippen molar-refractivity contribution in [2.24, 2.45) is 5.92 Å². The number of hydrogen-bond donors (Lipinski definition) is 1. The van der Waals surface area contributed by atoms with E-state index in [9.17, 15) is 4.79 Å². The Bertz CT molecular complexity index is 671. The summed E-state index contributed by atoms with van der Waals surface area (Å²) in [6.45, 7) is 6.77. The first kappa shape index (κ1) is 19.2. The Hall–Kier alpha value is -2.08. The van der Waals surface area contributed by atoms with Crippen molar-refractivity contribution in [2.45, 2.75) is 46.3 Å². The van der Waals surface area contributed by atoms with Crippen molar-refractivity contribution in [1.82, 2.24) is 10.3 Å². The van der Waals surface area contributed by atoms with E-state index in [0.717, 1.165) is 18.5 Å². The third-order valence-corrected chi connectivity index (χ3v) is 4.47. The number of carbonyl (C=O) groups is 1. The van der Waals surface area contributed by atoms with E-state index in [2.05, 4.69) is 24.1 Å². The first-order chi connectivity index (χ1) is 12.0. The zero-order valence-electron chi connectivity index (χ0n) is 15.2. The van der Waals surface area contributed by atoms with Crippen molar-refractivity contribution >= 4 is 17.2 Å². The Morgan fingerprint density at radius 1 is 1.24 bits per heavy atom. The monoisotopic (exact) mass is 362 g/mol. The molecule has 0 saturated heterocycles. The lowest BCUT2D eigenvalue weighted by molar-refractivity contribution is 0.0936. The fourth-order valence-electron chi connectivity index (χ4n) is 2.35. The average molecular weight is 362 g/mol. The summed E-state index contributed by atoms with van der Waals surface area (Å²) in [5.41, 5.74) is 3.20. The largest absolute Gasteiger partial charge is 0.493 e. The molecule has 0 aliphatic rings. The van der Waals surface area contributed by atoms with Gasteiger partial charge in [-0.15, -0.1) is 11.3 Å². The van der Waals surface area contributed by atoms with Gasteiger partial charge in [-0.1, -0.05) is 13.8 Å². The number of rotatable bonds is 9. The number of benzene rings is 1. The summed E-state index contributed by atoms with van der Waals surface area (Å²) < 4.78 is 11.1. The zero-order valence-corrected chi connectivity index (χ0v) is 16.1. The van der Waals surface area contributed by atoms with E-state index in [1.807, 2.05) is 12.3 Å². The molecular formula is C19H26N2O3S. The van der Waals surface area contributed by atoms with Crippen molar-refractivity contribution in [2.75, 3.05) is 7.11 Å². The van der Waals surface area contributed by atoms with Gasteiger partial charge in [-0.2, -0.15) is 0 Å². The van der Waals surface area contributed by atoms with E-state index >= 15 is 0 Å². The summed E-state index contributed by atoms with van der Waals surface area (Å²) in [7, 11) is 1.57. The van der Waals surface area contributed by atoms with Crippen LogP contribution in [0.15, 0.2) is 29.1 Å². The van der Waals surface area contributed by atoms with Crippen molar-refractivity contribution in [3.8, 4) is 11.5 Å². The Labute approximate surface area is 153 Å². The summed E-state index contributed by atoms with van der Waals surface area (Å²) in [5, 5.41) is 4.97. The van der Waals surface area contributed by atoms with Crippen LogP contribution < -0.4 is 14.8 Å². The average Bonchev–Trinajstić information content (AvgIpc) is 3.11. The van der Waals surface area contributed by atoms with Crippen LogP contribution in [0.5, 0.6) is 11.5 Å². The molecule has 1 amide bonds. The van der Waals surface area contributed by atoms with Crippen LogP contribution in [0.25, 0.3) is 0 Å². The minimum Gasteiger partial charge on any atom is -0.493 e. The molecule has 25 heavy (non-hydrogen) atoms. The predicted molar refractivity (Wildman–Crippen MR) is 100 cm³/mol. The number of thiazole rings is 1. The van der Waals surface area contributed by atoms with E-state index in [4.69, 9.17) is 9.47 Å². The molecule has 2 aromatic rings. The highest BCUT2D eigenvalue weighted by Gasteiger charge is 2.14. The summed E-state index contributed by atoms with van der Waals surface area (Å²) in [6, 6.07) is 5.37. The summed E-state index contributed by atoms with van der Waals surface area (Å²) in [5.74, 6) is 1.67. The molecule has 5 nitrogen and oxygen atoms in total. The summed E-state index contributed by atoms with van der Waals surface area (Å²) in [6.07, 6.45) is 2.06. The number of ether oxygens (including phenoxy) is 2. The lowest BCUT2D eigenvalue weighted by Crippen LogP contribution is -2.32. The smallest absolute Gasteiger partial charge is 0.251 e. The topological polar surface area (TPSA) is 60.5 Å². The fraction of sp³-hybridized carbons (Fsp3) is 0.474. The fourth-order valence-corrected chi connectivity index (χ4v) is 2.89. The van der Waals surface area contributed by atoms with Crippen LogP contribution in [-0.2, 0) is 6.61 Å². The van der Waals surface area contributed by atoms with E-state index in [0.29, 0.717) is 29.6 Å². The summed E-state index contributed by atoms with van der Waals surface area (Å²) >= 11 is 1.53. The van der Waals surface area contributed by atoms with Crippen molar-refractivity contribution < 1.29 is 14.3 Å². The molecule has 136 valence electrons. The number of hydrogen-bond acceptors (Lipinski definition) is 5. The lowest BCUT2D eigenvalue weighted by atomic mass is 10.0. The van der Waals surface area contributed by atoms with Crippen LogP contribution in [-0.4, -0.2) is 24.0 Å². The lowest BCUT2D eigenvalue weighted by Gasteiger charge is -2.16. The van der Waals surface area contributed by atoms with Gasteiger partial charge in [0.25, 0.3) is 5.91 Å². The van der Waals surface area contributed by atoms with Gasteiger partial charge >= 0.3 is 0 Å². The molecule has 0 bridgehead atoms. The highest BCUT2D eigenvalue weighted by molar-refractivity contribution is 7.07. The maximum absolute atomic E-state index is 12.4. The second-order valence-electron chi connectivity index (χ2n) is 6.48. The number of aromatic nitrogens is 1. The van der Waals surface area contributed by atoms with Crippen LogP contribution in [0.3, 0.4) is 0 Å². The number of nitrogens with zero attached hydrogens (tertiary/aromatic N) is 1. The van der Waals surface area contributed by atoms with E-state index < -0.39 is 0 Å². The molecule has 2 rings (SSSR count). The molecule has 0 aliphatic carbocycles. The Morgan fingerprint density at radius 2 is 2.04 bits per heavy atom. The minimum atomic E-state index is -0.0967. The van der Waals surface area contributed by atoms with E-state index in [1.54, 1.807) is 30.8 Å². The van der Waals surface area contributed by atoms with Gasteiger partial charge in [0.05, 0.1) is 18.3 Å². The van der Waals surface area contributed by atoms with Crippen molar-refractivity contribution in [3.05, 3.63) is 40.3 Å². The van der Waals surface area contributed by atoms with Gasteiger partial charge in [0, 0.05) is 17.0 Å². The molecule has 1 atom stereocenters. The molecule has 1 aromatic heterocycles. The first-order valence-corrected chi connectivity index (χ1v) is 9.42. The number of amides is 1. The maximum Gasteiger partial charge on any atom is 0.251 e. The molecule has 1 heterocycles. The molecule has 0 aliphatic heterocycles. The van der Waals surface area contributed by atoms with Crippen LogP contribution in [0.1, 0.15) is 49.7 Å². The highest BCUT2D eigenvalue weighted by atomic mass is 32.1. The van der Waals surface area contributed by atoms with Crippen LogP contribution in [0.2, 0.25) is 0 Å². The SMILES string of the molecule is COc1cc(C(=O)NC(C)CCC(C)C)ccc1OCc1cscn1. The molecule has 0 fully saturated rings. The minimum absolute atomic E-state index is 0.0967. The Balaban J connectivity index is 1.98. The number of methoxy groups -OCH3 is 1. The van der Waals surface area contributed by atoms with Gasteiger partial charge in [-0.05, 0) is 43.9 Å². The first-order valence-electron chi connectivity index (χ1n) is 8.48. The molecule has 1 N–H and O–H groups in total. The standard InChI is InChI=1S/C19H26N2O3S/c1-13(2)5-6-14(3)21-19(22)15-7-8-17(18(9-15)23-4)24-10-16-11-25-12-20-16/h7-9,11-14H,5-6,10H2,1-4H3,(H,21,22). The third kappa shape index (κ3) is 6.05. The maximum atomic E-state index is 12.4. The molecule has 1 aromatic carbocycles. The normalized spacial score (nSPS) is 12.0. The number of carbonyl (C=O) groups excluding carboxylic acids is 1. The third-order valence-electron chi connectivity index (χ3n) is 3.84. The van der Waals surface area contributed by atoms with Crippen LogP contribution in [0.4, 0.5) is 0 Å². The Morgan fingerprint density at radius 3 is 2.68 bits per heavy atom. The van der Waals surface area contributed by atoms with Gasteiger partial charge in [-0.3, -0.25) is 4.79 Å². The Kier molecular flexibility index (Phi) is 7.25. The second-order valence-corrected chi connectivity index (χ2v) is 7.20. The van der Waals surface area contributed by atoms with E-state index in [-0.39, 0.29) is 11.9 Å². The summed E-state index contributed by atoms with van der Waals surface area (Å²) in [4.78, 5) is 16.6.